The molecule has 2 aliphatic rings. The highest BCUT2D eigenvalue weighted by molar-refractivity contribution is 5.81. The van der Waals surface area contributed by atoms with Crippen LogP contribution < -0.4 is 14.8 Å². The molecular formula is C22H35N3O3. The van der Waals surface area contributed by atoms with E-state index >= 15 is 0 Å². The topological polar surface area (TPSA) is 54.0 Å². The summed E-state index contributed by atoms with van der Waals surface area (Å²) >= 11 is 0. The minimum Gasteiger partial charge on any atom is -0.493 e. The first-order chi connectivity index (χ1) is 13.6. The van der Waals surface area contributed by atoms with E-state index in [1.54, 1.807) is 14.2 Å². The lowest BCUT2D eigenvalue weighted by Gasteiger charge is -2.38. The number of amides is 1. The van der Waals surface area contributed by atoms with Crippen LogP contribution in [0.3, 0.4) is 0 Å². The van der Waals surface area contributed by atoms with Crippen LogP contribution in [0.5, 0.6) is 11.5 Å². The molecule has 28 heavy (non-hydrogen) atoms. The number of nitrogens with one attached hydrogen (secondary N) is 1. The first-order valence-electron chi connectivity index (χ1n) is 10.6. The van der Waals surface area contributed by atoms with Crippen LogP contribution in [-0.2, 0) is 11.3 Å². The summed E-state index contributed by atoms with van der Waals surface area (Å²) in [6.07, 6.45) is 6.07. The van der Waals surface area contributed by atoms with Crippen LogP contribution in [0.1, 0.15) is 44.6 Å². The lowest BCUT2D eigenvalue weighted by molar-refractivity contribution is -0.127. The smallest absolute Gasteiger partial charge is 0.237 e. The average Bonchev–Trinajstić information content (AvgIpc) is 2.74. The summed E-state index contributed by atoms with van der Waals surface area (Å²) in [5.74, 6) is 1.72. The van der Waals surface area contributed by atoms with Crippen molar-refractivity contribution in [3.63, 3.8) is 0 Å². The summed E-state index contributed by atoms with van der Waals surface area (Å²) in [4.78, 5) is 17.4. The number of rotatable bonds is 7. The van der Waals surface area contributed by atoms with Gasteiger partial charge in [0.1, 0.15) is 0 Å². The second kappa shape index (κ2) is 10.1. The third kappa shape index (κ3) is 5.39. The molecule has 6 nitrogen and oxygen atoms in total. The molecule has 156 valence electrons. The second-order valence-corrected chi connectivity index (χ2v) is 8.02. The Kier molecular flexibility index (Phi) is 7.57. The van der Waals surface area contributed by atoms with Crippen molar-refractivity contribution in [3.8, 4) is 11.5 Å². The number of piperazine rings is 1. The summed E-state index contributed by atoms with van der Waals surface area (Å²) in [6, 6.07) is 6.43. The van der Waals surface area contributed by atoms with E-state index in [-0.39, 0.29) is 11.9 Å². The van der Waals surface area contributed by atoms with Crippen LogP contribution in [0.25, 0.3) is 0 Å². The maximum Gasteiger partial charge on any atom is 0.237 e. The van der Waals surface area contributed by atoms with Crippen molar-refractivity contribution in [1.29, 1.82) is 0 Å². The summed E-state index contributed by atoms with van der Waals surface area (Å²) in [5.41, 5.74) is 1.22. The molecule has 1 aromatic rings. The monoisotopic (exact) mass is 389 g/mol. The molecule has 6 heteroatoms. The Labute approximate surface area is 169 Å². The quantitative estimate of drug-likeness (QED) is 0.777. The van der Waals surface area contributed by atoms with Gasteiger partial charge in [0.05, 0.1) is 20.3 Å². The molecule has 1 N–H and O–H groups in total. The van der Waals surface area contributed by atoms with Gasteiger partial charge in [0.25, 0.3) is 0 Å². The highest BCUT2D eigenvalue weighted by Crippen LogP contribution is 2.28. The van der Waals surface area contributed by atoms with Crippen molar-refractivity contribution in [2.24, 2.45) is 0 Å². The Bertz CT molecular complexity index is 638. The van der Waals surface area contributed by atoms with Gasteiger partial charge in [-0.2, -0.15) is 0 Å². The van der Waals surface area contributed by atoms with Crippen LogP contribution in [0.2, 0.25) is 0 Å². The molecule has 1 aliphatic heterocycles. The van der Waals surface area contributed by atoms with Gasteiger partial charge in [-0.15, -0.1) is 0 Å². The van der Waals surface area contributed by atoms with Crippen molar-refractivity contribution in [2.75, 3.05) is 40.4 Å². The maximum atomic E-state index is 12.6. The zero-order valence-corrected chi connectivity index (χ0v) is 17.6. The Hall–Kier alpha value is -1.79. The third-order valence-electron chi connectivity index (χ3n) is 6.14. The van der Waals surface area contributed by atoms with E-state index in [0.717, 1.165) is 57.1 Å². The Morgan fingerprint density at radius 3 is 2.39 bits per heavy atom. The fourth-order valence-corrected chi connectivity index (χ4v) is 4.28. The molecule has 0 bridgehead atoms. The fraction of sp³-hybridized carbons (Fsp3) is 0.682. The summed E-state index contributed by atoms with van der Waals surface area (Å²) in [7, 11) is 3.32. The molecule has 1 saturated heterocycles. The molecule has 1 aliphatic carbocycles. The van der Waals surface area contributed by atoms with Gasteiger partial charge in [0, 0.05) is 38.8 Å². The van der Waals surface area contributed by atoms with E-state index in [1.807, 2.05) is 19.1 Å². The minimum atomic E-state index is -0.0508. The number of nitrogens with zero attached hydrogens (tertiary/aromatic N) is 2. The van der Waals surface area contributed by atoms with Crippen LogP contribution >= 0.6 is 0 Å². The molecule has 0 radical (unpaired) electrons. The summed E-state index contributed by atoms with van der Waals surface area (Å²) in [6.45, 7) is 6.71. The molecule has 1 aromatic carbocycles. The van der Waals surface area contributed by atoms with E-state index in [2.05, 4.69) is 21.2 Å². The first-order valence-corrected chi connectivity index (χ1v) is 10.6. The number of methoxy groups -OCH3 is 2. The molecule has 1 saturated carbocycles. The SMILES string of the molecule is COc1ccc(CN2CCN([C@@H](C)C(=O)NC3CCCCC3)CC2)cc1OC. The lowest BCUT2D eigenvalue weighted by atomic mass is 9.95. The van der Waals surface area contributed by atoms with Gasteiger partial charge in [-0.05, 0) is 37.5 Å². The van der Waals surface area contributed by atoms with E-state index in [1.165, 1.54) is 24.8 Å². The van der Waals surface area contributed by atoms with Crippen molar-refractivity contribution >= 4 is 5.91 Å². The van der Waals surface area contributed by atoms with Crippen LogP contribution in [-0.4, -0.2) is 68.2 Å². The number of ether oxygens (including phenoxy) is 2. The van der Waals surface area contributed by atoms with Gasteiger partial charge in [-0.3, -0.25) is 14.6 Å². The Morgan fingerprint density at radius 1 is 1.07 bits per heavy atom. The number of hydrogen-bond acceptors (Lipinski definition) is 5. The lowest BCUT2D eigenvalue weighted by Crippen LogP contribution is -2.54. The molecule has 0 spiro atoms. The van der Waals surface area contributed by atoms with Gasteiger partial charge < -0.3 is 14.8 Å². The third-order valence-corrected chi connectivity index (χ3v) is 6.14. The summed E-state index contributed by atoms with van der Waals surface area (Å²) in [5, 5.41) is 3.27. The molecule has 1 heterocycles. The maximum absolute atomic E-state index is 12.6. The Morgan fingerprint density at radius 2 is 1.75 bits per heavy atom. The van der Waals surface area contributed by atoms with Gasteiger partial charge >= 0.3 is 0 Å². The van der Waals surface area contributed by atoms with Crippen molar-refractivity contribution < 1.29 is 14.3 Å². The standard InChI is InChI=1S/C22H35N3O3/c1-17(22(26)23-19-7-5-4-6-8-19)25-13-11-24(12-14-25)16-18-9-10-20(27-2)21(15-18)28-3/h9-10,15,17,19H,4-8,11-14,16H2,1-3H3,(H,23,26)/t17-/m0/s1. The average molecular weight is 390 g/mol. The highest BCUT2D eigenvalue weighted by atomic mass is 16.5. The van der Waals surface area contributed by atoms with E-state index in [4.69, 9.17) is 9.47 Å². The molecule has 3 rings (SSSR count). The highest BCUT2D eigenvalue weighted by Gasteiger charge is 2.27. The van der Waals surface area contributed by atoms with Crippen LogP contribution in [0.4, 0.5) is 0 Å². The van der Waals surface area contributed by atoms with Crippen molar-refractivity contribution in [1.82, 2.24) is 15.1 Å². The predicted molar refractivity (Wildman–Crippen MR) is 111 cm³/mol. The predicted octanol–water partition coefficient (Wildman–Crippen LogP) is 2.66. The van der Waals surface area contributed by atoms with E-state index in [0.29, 0.717) is 6.04 Å². The van der Waals surface area contributed by atoms with Crippen molar-refractivity contribution in [3.05, 3.63) is 23.8 Å². The molecule has 0 unspecified atom stereocenters. The van der Waals surface area contributed by atoms with Crippen molar-refractivity contribution in [2.45, 2.75) is 57.7 Å². The number of carbonyl (C=O) groups is 1. The van der Waals surface area contributed by atoms with Gasteiger partial charge in [-0.25, -0.2) is 0 Å². The normalized spacial score (nSPS) is 20.5. The number of carbonyl (C=O) groups excluding carboxylic acids is 1. The summed E-state index contributed by atoms with van der Waals surface area (Å²) < 4.78 is 10.7. The van der Waals surface area contributed by atoms with Crippen LogP contribution in [0, 0.1) is 0 Å². The second-order valence-electron chi connectivity index (χ2n) is 8.02. The fourth-order valence-electron chi connectivity index (χ4n) is 4.28. The molecule has 1 amide bonds. The largest absolute Gasteiger partial charge is 0.493 e. The van der Waals surface area contributed by atoms with Crippen LogP contribution in [0.15, 0.2) is 18.2 Å². The van der Waals surface area contributed by atoms with Gasteiger partial charge in [-0.1, -0.05) is 25.3 Å². The minimum absolute atomic E-state index is 0.0508. The Balaban J connectivity index is 1.46. The molecular weight excluding hydrogens is 354 g/mol. The molecule has 2 fully saturated rings. The number of benzene rings is 1. The van der Waals surface area contributed by atoms with E-state index < -0.39 is 0 Å². The zero-order chi connectivity index (χ0) is 19.9. The first kappa shape index (κ1) is 20.9. The van der Waals surface area contributed by atoms with E-state index in [9.17, 15) is 4.79 Å². The molecule has 0 aromatic heterocycles. The van der Waals surface area contributed by atoms with Gasteiger partial charge in [0.15, 0.2) is 11.5 Å². The molecule has 1 atom stereocenters. The zero-order valence-electron chi connectivity index (χ0n) is 17.6. The van der Waals surface area contributed by atoms with Gasteiger partial charge in [0.2, 0.25) is 5.91 Å². The number of hydrogen-bond donors (Lipinski definition) is 1.